The Labute approximate surface area is 125 Å². The van der Waals surface area contributed by atoms with Gasteiger partial charge in [0, 0.05) is 18.7 Å². The lowest BCUT2D eigenvalue weighted by molar-refractivity contribution is 0.281. The molecule has 4 heteroatoms. The second kappa shape index (κ2) is 5.74. The molecule has 0 spiro atoms. The fourth-order valence-corrected chi connectivity index (χ4v) is 2.90. The number of rotatable bonds is 3. The highest BCUT2D eigenvalue weighted by Gasteiger charge is 2.22. The number of hydrogen-bond donors (Lipinski definition) is 1. The Balaban J connectivity index is 2.11. The molecular weight excluding hydrogens is 262 g/mol. The predicted octanol–water partition coefficient (Wildman–Crippen LogP) is 2.83. The van der Waals surface area contributed by atoms with Gasteiger partial charge in [-0.15, -0.1) is 0 Å². The minimum absolute atomic E-state index is 0.0211. The highest BCUT2D eigenvalue weighted by molar-refractivity contribution is 5.56. The maximum Gasteiger partial charge on any atom is 0.138 e. The summed E-state index contributed by atoms with van der Waals surface area (Å²) >= 11 is 0. The summed E-state index contributed by atoms with van der Waals surface area (Å²) in [7, 11) is 0. The van der Waals surface area contributed by atoms with E-state index < -0.39 is 0 Å². The number of aliphatic hydroxyl groups is 1. The monoisotopic (exact) mass is 283 g/mol. The first-order valence-corrected chi connectivity index (χ1v) is 7.36. The van der Waals surface area contributed by atoms with Crippen LogP contribution in [0.25, 0.3) is 5.69 Å². The first kappa shape index (κ1) is 13.9. The molecule has 21 heavy (non-hydrogen) atoms. The van der Waals surface area contributed by atoms with Gasteiger partial charge in [-0.25, -0.2) is 4.68 Å². The van der Waals surface area contributed by atoms with Crippen LogP contribution in [0.2, 0.25) is 0 Å². The molecule has 1 aliphatic rings. The molecule has 0 atom stereocenters. The van der Waals surface area contributed by atoms with E-state index >= 15 is 0 Å². The molecule has 1 aliphatic heterocycles. The van der Waals surface area contributed by atoms with Gasteiger partial charge in [-0.1, -0.05) is 29.8 Å². The zero-order valence-corrected chi connectivity index (χ0v) is 12.6. The molecular formula is C17H21N3O. The van der Waals surface area contributed by atoms with Crippen LogP contribution >= 0.6 is 0 Å². The van der Waals surface area contributed by atoms with E-state index in [2.05, 4.69) is 23.0 Å². The van der Waals surface area contributed by atoms with Crippen molar-refractivity contribution in [3.05, 3.63) is 53.2 Å². The van der Waals surface area contributed by atoms with Crippen LogP contribution in [0.5, 0.6) is 0 Å². The predicted molar refractivity (Wildman–Crippen MR) is 84.8 cm³/mol. The summed E-state index contributed by atoms with van der Waals surface area (Å²) in [5.41, 5.74) is 4.21. The van der Waals surface area contributed by atoms with Gasteiger partial charge in [0.1, 0.15) is 5.82 Å². The number of benzene rings is 1. The van der Waals surface area contributed by atoms with Crippen molar-refractivity contribution in [2.24, 2.45) is 0 Å². The molecule has 1 N–H and O–H groups in total. The average Bonchev–Trinajstić information content (AvgIpc) is 2.85. The van der Waals surface area contributed by atoms with Crippen molar-refractivity contribution in [3.8, 4) is 5.69 Å². The summed E-state index contributed by atoms with van der Waals surface area (Å²) in [5.74, 6) is 1.02. The number of anilines is 1. The topological polar surface area (TPSA) is 41.3 Å². The number of para-hydroxylation sites is 1. The molecule has 110 valence electrons. The van der Waals surface area contributed by atoms with Crippen LogP contribution in [0, 0.1) is 6.92 Å². The molecule has 0 saturated heterocycles. The molecule has 4 nitrogen and oxygen atoms in total. The van der Waals surface area contributed by atoms with Crippen molar-refractivity contribution in [3.63, 3.8) is 0 Å². The molecule has 2 aromatic rings. The smallest absolute Gasteiger partial charge is 0.138 e. The van der Waals surface area contributed by atoms with E-state index in [1.54, 1.807) is 0 Å². The highest BCUT2D eigenvalue weighted by atomic mass is 16.3. The lowest BCUT2D eigenvalue weighted by Crippen LogP contribution is -2.31. The van der Waals surface area contributed by atoms with Gasteiger partial charge >= 0.3 is 0 Å². The number of aromatic nitrogens is 2. The van der Waals surface area contributed by atoms with Crippen molar-refractivity contribution >= 4 is 5.82 Å². The van der Waals surface area contributed by atoms with E-state index in [0.29, 0.717) is 0 Å². The Kier molecular flexibility index (Phi) is 3.80. The van der Waals surface area contributed by atoms with Gasteiger partial charge in [0.15, 0.2) is 0 Å². The molecule has 0 bridgehead atoms. The van der Waals surface area contributed by atoms with Gasteiger partial charge in [0.05, 0.1) is 18.0 Å². The van der Waals surface area contributed by atoms with E-state index in [9.17, 15) is 5.11 Å². The molecule has 0 saturated carbocycles. The quantitative estimate of drug-likeness (QED) is 0.881. The summed E-state index contributed by atoms with van der Waals surface area (Å²) in [5, 5.41) is 14.4. The third-order valence-electron chi connectivity index (χ3n) is 3.95. The summed E-state index contributed by atoms with van der Waals surface area (Å²) in [6, 6.07) is 10.1. The number of aliphatic hydroxyl groups excluding tert-OH is 1. The van der Waals surface area contributed by atoms with Crippen LogP contribution < -0.4 is 4.90 Å². The van der Waals surface area contributed by atoms with Crippen molar-refractivity contribution in [2.75, 3.05) is 18.0 Å². The van der Waals surface area contributed by atoms with Gasteiger partial charge in [0.2, 0.25) is 0 Å². The zero-order valence-electron chi connectivity index (χ0n) is 12.6. The van der Waals surface area contributed by atoms with E-state index in [4.69, 9.17) is 0 Å². The minimum Gasteiger partial charge on any atom is -0.391 e. The summed E-state index contributed by atoms with van der Waals surface area (Å²) in [4.78, 5) is 2.31. The third kappa shape index (κ3) is 2.59. The van der Waals surface area contributed by atoms with Crippen molar-refractivity contribution in [1.82, 2.24) is 9.78 Å². The molecule has 1 aromatic carbocycles. The summed E-state index contributed by atoms with van der Waals surface area (Å²) < 4.78 is 1.96. The molecule has 0 fully saturated rings. The largest absolute Gasteiger partial charge is 0.391 e. The van der Waals surface area contributed by atoms with Gasteiger partial charge in [-0.3, -0.25) is 0 Å². The van der Waals surface area contributed by atoms with E-state index in [0.717, 1.165) is 42.3 Å². The van der Waals surface area contributed by atoms with Gasteiger partial charge in [-0.2, -0.15) is 5.10 Å². The fourth-order valence-electron chi connectivity index (χ4n) is 2.90. The Bertz CT molecular complexity index is 658. The fraction of sp³-hybridized carbons (Fsp3) is 0.353. The van der Waals surface area contributed by atoms with E-state index in [1.165, 1.54) is 5.57 Å². The second-order valence-corrected chi connectivity index (χ2v) is 5.55. The van der Waals surface area contributed by atoms with Gasteiger partial charge in [-0.05, 0) is 32.4 Å². The van der Waals surface area contributed by atoms with Crippen molar-refractivity contribution < 1.29 is 5.11 Å². The Hall–Kier alpha value is -2.07. The Morgan fingerprint density at radius 2 is 1.95 bits per heavy atom. The molecule has 0 amide bonds. The lowest BCUT2D eigenvalue weighted by atomic mass is 10.1. The minimum atomic E-state index is 0.0211. The standard InChI is InChI=1S/C17H21N3O/c1-13-7-6-10-19(11-13)17-16(12-21)14(2)18-20(17)15-8-4-3-5-9-15/h3-5,7-9,21H,6,10-12H2,1-2H3. The van der Waals surface area contributed by atoms with Crippen LogP contribution in [-0.4, -0.2) is 28.0 Å². The van der Waals surface area contributed by atoms with Crippen LogP contribution in [-0.2, 0) is 6.61 Å². The highest BCUT2D eigenvalue weighted by Crippen LogP contribution is 2.29. The maximum atomic E-state index is 9.76. The number of aryl methyl sites for hydroxylation is 1. The lowest BCUT2D eigenvalue weighted by Gasteiger charge is -2.29. The van der Waals surface area contributed by atoms with E-state index in [-0.39, 0.29) is 6.61 Å². The Morgan fingerprint density at radius 3 is 2.62 bits per heavy atom. The van der Waals surface area contributed by atoms with E-state index in [1.807, 2.05) is 41.9 Å². The summed E-state index contributed by atoms with van der Waals surface area (Å²) in [6.07, 6.45) is 3.32. The first-order chi connectivity index (χ1) is 10.2. The van der Waals surface area contributed by atoms with Crippen LogP contribution in [0.1, 0.15) is 24.6 Å². The summed E-state index contributed by atoms with van der Waals surface area (Å²) in [6.45, 7) is 5.99. The molecule has 1 aromatic heterocycles. The van der Waals surface area contributed by atoms with Crippen LogP contribution in [0.4, 0.5) is 5.82 Å². The number of hydrogen-bond acceptors (Lipinski definition) is 3. The Morgan fingerprint density at radius 1 is 1.19 bits per heavy atom. The number of nitrogens with zero attached hydrogens (tertiary/aromatic N) is 3. The molecule has 0 radical (unpaired) electrons. The van der Waals surface area contributed by atoms with Gasteiger partial charge in [0.25, 0.3) is 0 Å². The van der Waals surface area contributed by atoms with Crippen LogP contribution in [0.15, 0.2) is 42.0 Å². The normalized spacial score (nSPS) is 15.2. The van der Waals surface area contributed by atoms with Crippen molar-refractivity contribution in [1.29, 1.82) is 0 Å². The van der Waals surface area contributed by atoms with Gasteiger partial charge < -0.3 is 10.0 Å². The van der Waals surface area contributed by atoms with Crippen LogP contribution in [0.3, 0.4) is 0 Å². The first-order valence-electron chi connectivity index (χ1n) is 7.36. The maximum absolute atomic E-state index is 9.76. The second-order valence-electron chi connectivity index (χ2n) is 5.55. The molecule has 0 aliphatic carbocycles. The molecule has 3 rings (SSSR count). The van der Waals surface area contributed by atoms with Crippen molar-refractivity contribution in [2.45, 2.75) is 26.9 Å². The molecule has 0 unspecified atom stereocenters. The average molecular weight is 283 g/mol. The SMILES string of the molecule is CC1=CCCN(c2c(CO)c(C)nn2-c2ccccc2)C1. The zero-order chi connectivity index (χ0) is 14.8. The third-order valence-corrected chi connectivity index (χ3v) is 3.95. The molecule has 2 heterocycles.